The summed E-state index contributed by atoms with van der Waals surface area (Å²) in [5, 5.41) is 12.3. The van der Waals surface area contributed by atoms with Crippen LogP contribution >= 0.6 is 0 Å². The highest BCUT2D eigenvalue weighted by Gasteiger charge is 2.25. The number of carbonyl (C=O) groups excluding carboxylic acids is 1. The zero-order chi connectivity index (χ0) is 13.9. The SMILES string of the molecule is CC(CN(C)C(=O)NC1C=CS(=O)(=O)C1)C(=O)O. The van der Waals surface area contributed by atoms with Gasteiger partial charge in [-0.15, -0.1) is 0 Å². The molecule has 1 aliphatic rings. The molecule has 0 saturated carbocycles. The van der Waals surface area contributed by atoms with E-state index < -0.39 is 33.8 Å². The van der Waals surface area contributed by atoms with Crippen LogP contribution in [-0.4, -0.2) is 55.8 Å². The second-order valence-corrected chi connectivity index (χ2v) is 6.27. The quantitative estimate of drug-likeness (QED) is 0.731. The molecule has 2 unspecified atom stereocenters. The van der Waals surface area contributed by atoms with Gasteiger partial charge in [-0.3, -0.25) is 4.79 Å². The van der Waals surface area contributed by atoms with Crippen molar-refractivity contribution in [3.63, 3.8) is 0 Å². The molecule has 8 heteroatoms. The Morgan fingerprint density at radius 3 is 2.61 bits per heavy atom. The fourth-order valence-corrected chi connectivity index (χ4v) is 2.74. The Morgan fingerprint density at radius 2 is 2.17 bits per heavy atom. The first-order valence-electron chi connectivity index (χ1n) is 5.36. The number of urea groups is 1. The van der Waals surface area contributed by atoms with Crippen LogP contribution in [0.2, 0.25) is 0 Å². The molecule has 2 amide bonds. The van der Waals surface area contributed by atoms with Gasteiger partial charge < -0.3 is 15.3 Å². The van der Waals surface area contributed by atoms with Gasteiger partial charge in [-0.05, 0) is 6.08 Å². The lowest BCUT2D eigenvalue weighted by Crippen LogP contribution is -2.45. The zero-order valence-electron chi connectivity index (χ0n) is 10.2. The third-order valence-corrected chi connectivity index (χ3v) is 3.95. The molecule has 0 aromatic carbocycles. The van der Waals surface area contributed by atoms with Crippen LogP contribution in [0.1, 0.15) is 6.92 Å². The maximum atomic E-state index is 11.7. The molecule has 0 radical (unpaired) electrons. The van der Waals surface area contributed by atoms with E-state index in [2.05, 4.69) is 5.32 Å². The minimum Gasteiger partial charge on any atom is -0.481 e. The standard InChI is InChI=1S/C10H16N2O5S/c1-7(9(13)14)5-12(2)10(15)11-8-3-4-18(16,17)6-8/h3-4,7-8H,5-6H2,1-2H3,(H,11,15)(H,13,14). The maximum absolute atomic E-state index is 11.7. The molecular weight excluding hydrogens is 260 g/mol. The molecule has 1 rings (SSSR count). The van der Waals surface area contributed by atoms with Gasteiger partial charge in [0.15, 0.2) is 9.84 Å². The topological polar surface area (TPSA) is 104 Å². The van der Waals surface area contributed by atoms with Crippen LogP contribution in [0.15, 0.2) is 11.5 Å². The molecule has 7 nitrogen and oxygen atoms in total. The van der Waals surface area contributed by atoms with Crippen molar-refractivity contribution < 1.29 is 23.1 Å². The van der Waals surface area contributed by atoms with E-state index in [0.717, 1.165) is 5.41 Å². The van der Waals surface area contributed by atoms with Crippen molar-refractivity contribution in [3.8, 4) is 0 Å². The Morgan fingerprint density at radius 1 is 1.56 bits per heavy atom. The minimum absolute atomic E-state index is 0.0599. The molecule has 0 aromatic heterocycles. The van der Waals surface area contributed by atoms with Crippen LogP contribution in [-0.2, 0) is 14.6 Å². The molecule has 2 atom stereocenters. The van der Waals surface area contributed by atoms with Crippen molar-refractivity contribution >= 4 is 21.8 Å². The molecule has 0 aromatic rings. The number of nitrogens with one attached hydrogen (secondary N) is 1. The summed E-state index contributed by atoms with van der Waals surface area (Å²) >= 11 is 0. The number of hydrogen-bond acceptors (Lipinski definition) is 4. The van der Waals surface area contributed by atoms with Gasteiger partial charge in [0.25, 0.3) is 0 Å². The van der Waals surface area contributed by atoms with Crippen molar-refractivity contribution in [2.24, 2.45) is 5.92 Å². The Bertz CT molecular complexity index is 471. The van der Waals surface area contributed by atoms with E-state index in [4.69, 9.17) is 5.11 Å². The van der Waals surface area contributed by atoms with E-state index >= 15 is 0 Å². The Kier molecular flexibility index (Phi) is 4.33. The van der Waals surface area contributed by atoms with Crippen molar-refractivity contribution in [1.29, 1.82) is 0 Å². The molecule has 0 bridgehead atoms. The molecule has 1 aliphatic heterocycles. The molecule has 0 fully saturated rings. The number of carboxylic acid groups (broad SMARTS) is 1. The number of rotatable bonds is 4. The van der Waals surface area contributed by atoms with Gasteiger partial charge in [0.2, 0.25) is 0 Å². The van der Waals surface area contributed by atoms with Crippen molar-refractivity contribution in [3.05, 3.63) is 11.5 Å². The molecule has 18 heavy (non-hydrogen) atoms. The predicted molar refractivity (Wildman–Crippen MR) is 64.7 cm³/mol. The summed E-state index contributed by atoms with van der Waals surface area (Å²) in [6.45, 7) is 1.55. The Labute approximate surface area is 105 Å². The summed E-state index contributed by atoms with van der Waals surface area (Å²) in [4.78, 5) is 23.5. The highest BCUT2D eigenvalue weighted by molar-refractivity contribution is 7.94. The van der Waals surface area contributed by atoms with Crippen LogP contribution in [0.5, 0.6) is 0 Å². The molecule has 0 spiro atoms. The summed E-state index contributed by atoms with van der Waals surface area (Å²) < 4.78 is 22.3. The summed E-state index contributed by atoms with van der Waals surface area (Å²) in [7, 11) is -1.75. The second kappa shape index (κ2) is 5.38. The van der Waals surface area contributed by atoms with Gasteiger partial charge in [-0.2, -0.15) is 0 Å². The van der Waals surface area contributed by atoms with Crippen molar-refractivity contribution in [2.45, 2.75) is 13.0 Å². The highest BCUT2D eigenvalue weighted by Crippen LogP contribution is 2.08. The summed E-state index contributed by atoms with van der Waals surface area (Å²) in [6.07, 6.45) is 1.40. The molecule has 0 saturated heterocycles. The van der Waals surface area contributed by atoms with Crippen LogP contribution in [0.3, 0.4) is 0 Å². The third-order valence-electron chi connectivity index (χ3n) is 2.55. The molecule has 1 heterocycles. The van der Waals surface area contributed by atoms with Gasteiger partial charge >= 0.3 is 12.0 Å². The molecule has 0 aliphatic carbocycles. The lowest BCUT2D eigenvalue weighted by atomic mass is 10.2. The number of carboxylic acids is 1. The molecule has 2 N–H and O–H groups in total. The lowest BCUT2D eigenvalue weighted by Gasteiger charge is -2.21. The summed E-state index contributed by atoms with van der Waals surface area (Å²) in [6, 6.07) is -1.04. The smallest absolute Gasteiger partial charge is 0.317 e. The van der Waals surface area contributed by atoms with E-state index in [1.54, 1.807) is 0 Å². The second-order valence-electron chi connectivity index (χ2n) is 4.33. The van der Waals surface area contributed by atoms with E-state index in [1.165, 1.54) is 24.9 Å². The van der Waals surface area contributed by atoms with Gasteiger partial charge in [0.05, 0.1) is 17.7 Å². The van der Waals surface area contributed by atoms with E-state index in [0.29, 0.717) is 0 Å². The number of amides is 2. The number of nitrogens with zero attached hydrogens (tertiary/aromatic N) is 1. The fourth-order valence-electron chi connectivity index (χ4n) is 1.51. The predicted octanol–water partition coefficient (Wildman–Crippen LogP) is -0.341. The average molecular weight is 276 g/mol. The zero-order valence-corrected chi connectivity index (χ0v) is 11.0. The monoisotopic (exact) mass is 276 g/mol. The van der Waals surface area contributed by atoms with E-state index in [-0.39, 0.29) is 12.3 Å². The Balaban J connectivity index is 2.47. The normalized spacial score (nSPS) is 22.4. The minimum atomic E-state index is -3.21. The average Bonchev–Trinajstić information content (AvgIpc) is 2.57. The summed E-state index contributed by atoms with van der Waals surface area (Å²) in [5.74, 6) is -1.82. The van der Waals surface area contributed by atoms with Crippen LogP contribution < -0.4 is 5.32 Å². The number of sulfone groups is 1. The van der Waals surface area contributed by atoms with Crippen LogP contribution in [0.4, 0.5) is 4.79 Å². The number of aliphatic carboxylic acids is 1. The van der Waals surface area contributed by atoms with Crippen LogP contribution in [0.25, 0.3) is 0 Å². The highest BCUT2D eigenvalue weighted by atomic mass is 32.2. The first kappa shape index (κ1) is 14.5. The number of hydrogen-bond donors (Lipinski definition) is 2. The molecule has 102 valence electrons. The lowest BCUT2D eigenvalue weighted by molar-refractivity contribution is -0.141. The van der Waals surface area contributed by atoms with Gasteiger partial charge in [0, 0.05) is 19.0 Å². The maximum Gasteiger partial charge on any atom is 0.317 e. The molecular formula is C10H16N2O5S. The van der Waals surface area contributed by atoms with E-state index in [1.807, 2.05) is 0 Å². The Hall–Kier alpha value is -1.57. The summed E-state index contributed by atoms with van der Waals surface area (Å²) in [5.41, 5.74) is 0. The van der Waals surface area contributed by atoms with Crippen molar-refractivity contribution in [2.75, 3.05) is 19.3 Å². The largest absolute Gasteiger partial charge is 0.481 e. The first-order chi connectivity index (χ1) is 8.21. The van der Waals surface area contributed by atoms with E-state index in [9.17, 15) is 18.0 Å². The third kappa shape index (κ3) is 4.02. The van der Waals surface area contributed by atoms with Crippen molar-refractivity contribution in [1.82, 2.24) is 10.2 Å². The fraction of sp³-hybridized carbons (Fsp3) is 0.600. The van der Waals surface area contributed by atoms with Crippen LogP contribution in [0, 0.1) is 5.92 Å². The van der Waals surface area contributed by atoms with Gasteiger partial charge in [-0.1, -0.05) is 6.92 Å². The number of carbonyl (C=O) groups is 2. The van der Waals surface area contributed by atoms with Gasteiger partial charge in [0.1, 0.15) is 0 Å². The first-order valence-corrected chi connectivity index (χ1v) is 7.08. The van der Waals surface area contributed by atoms with Gasteiger partial charge in [-0.25, -0.2) is 13.2 Å².